The van der Waals surface area contributed by atoms with Crippen LogP contribution in [0.3, 0.4) is 0 Å². The van der Waals surface area contributed by atoms with E-state index >= 15 is 0 Å². The number of halogens is 4. The molecule has 0 saturated heterocycles. The molecule has 0 nitrogen and oxygen atoms in total. The number of benzene rings is 1. The zero-order valence-corrected chi connectivity index (χ0v) is 11.3. The monoisotopic (exact) mass is 290 g/mol. The van der Waals surface area contributed by atoms with Crippen molar-refractivity contribution in [2.24, 2.45) is 0 Å². The van der Waals surface area contributed by atoms with Crippen molar-refractivity contribution in [3.8, 4) is 0 Å². The van der Waals surface area contributed by atoms with Crippen molar-refractivity contribution >= 4 is 22.9 Å². The summed E-state index contributed by atoms with van der Waals surface area (Å²) >= 11 is 7.58. The topological polar surface area (TPSA) is 0 Å². The fraction of sp³-hybridized carbons (Fsp3) is 0.231. The summed E-state index contributed by atoms with van der Waals surface area (Å²) in [5.41, 5.74) is 0.877. The van der Waals surface area contributed by atoms with Gasteiger partial charge >= 0.3 is 0 Å². The van der Waals surface area contributed by atoms with Crippen molar-refractivity contribution in [1.82, 2.24) is 0 Å². The van der Waals surface area contributed by atoms with Crippen LogP contribution in [0.2, 0.25) is 0 Å². The maximum atomic E-state index is 13.6. The Labute approximate surface area is 112 Å². The van der Waals surface area contributed by atoms with Gasteiger partial charge < -0.3 is 0 Å². The summed E-state index contributed by atoms with van der Waals surface area (Å²) in [6.45, 7) is 3.76. The predicted molar refractivity (Wildman–Crippen MR) is 67.8 cm³/mol. The maximum absolute atomic E-state index is 13.6. The van der Waals surface area contributed by atoms with Crippen molar-refractivity contribution in [2.75, 3.05) is 0 Å². The van der Waals surface area contributed by atoms with E-state index in [4.69, 9.17) is 11.6 Å². The molecule has 1 heterocycles. The molecule has 0 aliphatic heterocycles. The molecule has 0 spiro atoms. The van der Waals surface area contributed by atoms with Crippen molar-refractivity contribution in [1.29, 1.82) is 0 Å². The molecule has 1 aromatic heterocycles. The summed E-state index contributed by atoms with van der Waals surface area (Å²) in [7, 11) is 0. The Balaban J connectivity index is 2.49. The van der Waals surface area contributed by atoms with Crippen LogP contribution in [0.25, 0.3) is 0 Å². The lowest BCUT2D eigenvalue weighted by Crippen LogP contribution is -2.01. The zero-order valence-electron chi connectivity index (χ0n) is 9.73. The molecule has 0 radical (unpaired) electrons. The molecule has 0 aliphatic carbocycles. The van der Waals surface area contributed by atoms with Gasteiger partial charge in [-0.25, -0.2) is 13.2 Å². The van der Waals surface area contributed by atoms with Gasteiger partial charge in [-0.05, 0) is 31.5 Å². The number of rotatable bonds is 2. The molecule has 1 unspecified atom stereocenters. The SMILES string of the molecule is Cc1cc(C)c(C(Cl)c2ccc(F)c(F)c2F)s1. The minimum Gasteiger partial charge on any atom is -0.204 e. The first-order valence-corrected chi connectivity index (χ1v) is 6.51. The average Bonchev–Trinajstić information content (AvgIpc) is 2.65. The second-order valence-corrected chi connectivity index (χ2v) is 5.76. The fourth-order valence-corrected chi connectivity index (χ4v) is 3.30. The number of hydrogen-bond donors (Lipinski definition) is 0. The van der Waals surface area contributed by atoms with Crippen LogP contribution in [-0.4, -0.2) is 0 Å². The van der Waals surface area contributed by atoms with Crippen LogP contribution >= 0.6 is 22.9 Å². The molecule has 96 valence electrons. The third-order valence-corrected chi connectivity index (χ3v) is 4.45. The Morgan fingerprint density at radius 2 is 1.78 bits per heavy atom. The molecule has 1 atom stereocenters. The predicted octanol–water partition coefficient (Wildman–Crippen LogP) is 5.11. The van der Waals surface area contributed by atoms with Gasteiger partial charge in [0.1, 0.15) is 0 Å². The van der Waals surface area contributed by atoms with E-state index in [1.807, 2.05) is 19.9 Å². The molecule has 5 heteroatoms. The minimum atomic E-state index is -1.48. The van der Waals surface area contributed by atoms with E-state index in [2.05, 4.69) is 0 Å². The first-order chi connectivity index (χ1) is 8.41. The van der Waals surface area contributed by atoms with E-state index in [1.165, 1.54) is 17.4 Å². The highest BCUT2D eigenvalue weighted by Gasteiger charge is 2.23. The van der Waals surface area contributed by atoms with Crippen LogP contribution in [0.1, 0.15) is 26.3 Å². The molecular formula is C13H10ClF3S. The molecule has 0 N–H and O–H groups in total. The lowest BCUT2D eigenvalue weighted by Gasteiger charge is -2.11. The lowest BCUT2D eigenvalue weighted by atomic mass is 10.1. The van der Waals surface area contributed by atoms with E-state index < -0.39 is 22.8 Å². The van der Waals surface area contributed by atoms with Crippen LogP contribution in [0.4, 0.5) is 13.2 Å². The van der Waals surface area contributed by atoms with Crippen molar-refractivity contribution in [3.63, 3.8) is 0 Å². The van der Waals surface area contributed by atoms with Crippen LogP contribution in [-0.2, 0) is 0 Å². The summed E-state index contributed by atoms with van der Waals surface area (Å²) < 4.78 is 39.7. The van der Waals surface area contributed by atoms with Gasteiger partial charge in [0.05, 0.1) is 5.38 Å². The Hall–Kier alpha value is -1.00. The lowest BCUT2D eigenvalue weighted by molar-refractivity contribution is 0.441. The zero-order chi connectivity index (χ0) is 13.4. The van der Waals surface area contributed by atoms with Gasteiger partial charge in [0, 0.05) is 15.3 Å². The smallest absolute Gasteiger partial charge is 0.194 e. The summed E-state index contributed by atoms with van der Waals surface area (Å²) in [4.78, 5) is 1.79. The van der Waals surface area contributed by atoms with Crippen LogP contribution < -0.4 is 0 Å². The van der Waals surface area contributed by atoms with Gasteiger partial charge in [-0.1, -0.05) is 6.07 Å². The molecule has 0 bridgehead atoms. The Bertz CT molecular complexity index is 592. The van der Waals surface area contributed by atoms with Crippen LogP contribution in [0.5, 0.6) is 0 Å². The molecule has 0 saturated carbocycles. The standard InChI is InChI=1S/C13H10ClF3S/c1-6-5-7(2)18-13(6)10(14)8-3-4-9(15)12(17)11(8)16/h3-5,10H,1-2H3. The number of hydrogen-bond acceptors (Lipinski definition) is 1. The number of thiophene rings is 1. The van der Waals surface area contributed by atoms with Gasteiger partial charge in [-0.3, -0.25) is 0 Å². The molecule has 0 aliphatic rings. The largest absolute Gasteiger partial charge is 0.204 e. The summed E-state index contributed by atoms with van der Waals surface area (Å²) in [5, 5.41) is -0.807. The Kier molecular flexibility index (Phi) is 3.69. The van der Waals surface area contributed by atoms with Gasteiger partial charge in [0.2, 0.25) is 0 Å². The molecule has 0 fully saturated rings. The summed E-state index contributed by atoms with van der Waals surface area (Å²) in [5.74, 6) is -3.91. The molecule has 0 amide bonds. The number of alkyl halides is 1. The highest BCUT2D eigenvalue weighted by atomic mass is 35.5. The van der Waals surface area contributed by atoms with E-state index in [9.17, 15) is 13.2 Å². The van der Waals surface area contributed by atoms with Crippen LogP contribution in [0.15, 0.2) is 18.2 Å². The maximum Gasteiger partial charge on any atom is 0.194 e. The molecular weight excluding hydrogens is 281 g/mol. The highest BCUT2D eigenvalue weighted by molar-refractivity contribution is 7.12. The Morgan fingerprint density at radius 3 is 2.33 bits per heavy atom. The molecule has 2 rings (SSSR count). The third-order valence-electron chi connectivity index (χ3n) is 2.65. The number of aryl methyl sites for hydroxylation is 2. The van der Waals surface area contributed by atoms with E-state index in [1.54, 1.807) is 0 Å². The summed E-state index contributed by atoms with van der Waals surface area (Å²) in [6.07, 6.45) is 0. The highest BCUT2D eigenvalue weighted by Crippen LogP contribution is 2.38. The fourth-order valence-electron chi connectivity index (χ4n) is 1.79. The van der Waals surface area contributed by atoms with E-state index in [0.29, 0.717) is 0 Å². The second-order valence-electron chi connectivity index (χ2n) is 4.03. The summed E-state index contributed by atoms with van der Waals surface area (Å²) in [6, 6.07) is 3.99. The van der Waals surface area contributed by atoms with Crippen molar-refractivity contribution in [3.05, 3.63) is 56.5 Å². The molecule has 18 heavy (non-hydrogen) atoms. The van der Waals surface area contributed by atoms with Gasteiger partial charge in [0.25, 0.3) is 0 Å². The first-order valence-electron chi connectivity index (χ1n) is 5.26. The third kappa shape index (κ3) is 2.27. The van der Waals surface area contributed by atoms with E-state index in [0.717, 1.165) is 21.4 Å². The van der Waals surface area contributed by atoms with Crippen molar-refractivity contribution < 1.29 is 13.2 Å². The second kappa shape index (κ2) is 4.94. The quantitative estimate of drug-likeness (QED) is 0.532. The minimum absolute atomic E-state index is 0.0412. The average molecular weight is 291 g/mol. The molecule has 2 aromatic rings. The van der Waals surface area contributed by atoms with Gasteiger partial charge in [-0.2, -0.15) is 0 Å². The van der Waals surface area contributed by atoms with Crippen LogP contribution in [0, 0.1) is 31.3 Å². The normalized spacial score (nSPS) is 12.8. The molecule has 1 aromatic carbocycles. The van der Waals surface area contributed by atoms with Gasteiger partial charge in [0.15, 0.2) is 17.5 Å². The van der Waals surface area contributed by atoms with Gasteiger partial charge in [-0.15, -0.1) is 22.9 Å². The van der Waals surface area contributed by atoms with Crippen molar-refractivity contribution in [2.45, 2.75) is 19.2 Å². The first kappa shape index (κ1) is 13.4. The van der Waals surface area contributed by atoms with E-state index in [-0.39, 0.29) is 5.56 Å². The Morgan fingerprint density at radius 1 is 1.11 bits per heavy atom.